The summed E-state index contributed by atoms with van der Waals surface area (Å²) in [6.45, 7) is 3.09. The van der Waals surface area contributed by atoms with Gasteiger partial charge in [0, 0.05) is 5.02 Å². The van der Waals surface area contributed by atoms with E-state index in [1.54, 1.807) is 7.11 Å². The number of hydrogen-bond acceptors (Lipinski definition) is 2. The van der Waals surface area contributed by atoms with Crippen LogP contribution in [0.25, 0.3) is 0 Å². The summed E-state index contributed by atoms with van der Waals surface area (Å²) >= 11 is 6.04. The van der Waals surface area contributed by atoms with Crippen LogP contribution in [-0.2, 0) is 12.8 Å². The van der Waals surface area contributed by atoms with Crippen LogP contribution in [0.5, 0.6) is 5.75 Å². The van der Waals surface area contributed by atoms with Crippen LogP contribution in [0.4, 0.5) is 0 Å². The predicted molar refractivity (Wildman–Crippen MR) is 65.0 cm³/mol. The average molecular weight is 228 g/mol. The smallest absolute Gasteiger partial charge is 0.123 e. The number of nitrogens with one attached hydrogen (secondary N) is 1. The number of likely N-dealkylation sites (N-methyl/N-ethyl adjacent to an activating group) is 1. The van der Waals surface area contributed by atoms with E-state index in [0.29, 0.717) is 0 Å². The quantitative estimate of drug-likeness (QED) is 0.835. The molecule has 0 heterocycles. The molecule has 0 aliphatic heterocycles. The Bertz CT molecular complexity index is 326. The molecule has 0 spiro atoms. The molecule has 0 saturated carbocycles. The van der Waals surface area contributed by atoms with E-state index in [2.05, 4.69) is 12.2 Å². The van der Waals surface area contributed by atoms with Crippen molar-refractivity contribution in [3.8, 4) is 5.75 Å². The van der Waals surface area contributed by atoms with Crippen LogP contribution in [-0.4, -0.2) is 20.7 Å². The van der Waals surface area contributed by atoms with Crippen LogP contribution in [0.1, 0.15) is 18.1 Å². The molecule has 0 radical (unpaired) electrons. The van der Waals surface area contributed by atoms with E-state index in [9.17, 15) is 0 Å². The molecule has 0 saturated heterocycles. The number of hydrogen-bond donors (Lipinski definition) is 1. The molecule has 0 aliphatic rings. The van der Waals surface area contributed by atoms with E-state index in [1.165, 1.54) is 11.1 Å². The number of ether oxygens (including phenoxy) is 1. The molecule has 84 valence electrons. The van der Waals surface area contributed by atoms with Crippen LogP contribution < -0.4 is 10.1 Å². The third-order valence-electron chi connectivity index (χ3n) is 2.48. The second-order valence-corrected chi connectivity index (χ2v) is 3.89. The number of methoxy groups -OCH3 is 1. The van der Waals surface area contributed by atoms with Gasteiger partial charge in [0.2, 0.25) is 0 Å². The van der Waals surface area contributed by atoms with Crippen LogP contribution >= 0.6 is 11.6 Å². The minimum atomic E-state index is 0.746. The highest BCUT2D eigenvalue weighted by Crippen LogP contribution is 2.28. The van der Waals surface area contributed by atoms with Gasteiger partial charge in [-0.25, -0.2) is 0 Å². The maximum Gasteiger partial charge on any atom is 0.123 e. The third kappa shape index (κ3) is 3.11. The third-order valence-corrected chi connectivity index (χ3v) is 2.70. The molecule has 15 heavy (non-hydrogen) atoms. The monoisotopic (exact) mass is 227 g/mol. The first-order chi connectivity index (χ1) is 7.22. The van der Waals surface area contributed by atoms with Crippen molar-refractivity contribution in [3.05, 3.63) is 28.3 Å². The topological polar surface area (TPSA) is 21.3 Å². The fourth-order valence-electron chi connectivity index (χ4n) is 1.73. The van der Waals surface area contributed by atoms with E-state index in [1.807, 2.05) is 19.2 Å². The highest BCUT2D eigenvalue weighted by atomic mass is 35.5. The molecule has 0 fully saturated rings. The molecule has 1 aromatic rings. The van der Waals surface area contributed by atoms with Crippen molar-refractivity contribution in [1.29, 1.82) is 0 Å². The molecule has 0 bridgehead atoms. The second-order valence-electron chi connectivity index (χ2n) is 3.45. The zero-order chi connectivity index (χ0) is 11.3. The van der Waals surface area contributed by atoms with E-state index in [-0.39, 0.29) is 0 Å². The van der Waals surface area contributed by atoms with E-state index < -0.39 is 0 Å². The van der Waals surface area contributed by atoms with Crippen LogP contribution in [0, 0.1) is 0 Å². The van der Waals surface area contributed by atoms with E-state index in [0.717, 1.165) is 30.2 Å². The van der Waals surface area contributed by atoms with Crippen molar-refractivity contribution in [2.45, 2.75) is 19.8 Å². The molecule has 1 rings (SSSR count). The maximum atomic E-state index is 6.04. The summed E-state index contributed by atoms with van der Waals surface area (Å²) in [5.41, 5.74) is 2.54. The van der Waals surface area contributed by atoms with Crippen molar-refractivity contribution in [3.63, 3.8) is 0 Å². The van der Waals surface area contributed by atoms with Gasteiger partial charge in [-0.2, -0.15) is 0 Å². The van der Waals surface area contributed by atoms with Gasteiger partial charge in [-0.3, -0.25) is 0 Å². The second kappa shape index (κ2) is 5.99. The molecule has 0 unspecified atom stereocenters. The molecular formula is C12H18ClNO. The molecule has 1 aromatic carbocycles. The van der Waals surface area contributed by atoms with Gasteiger partial charge in [-0.1, -0.05) is 18.5 Å². The SMILES string of the molecule is CCc1c(CCNC)cc(Cl)cc1OC. The van der Waals surface area contributed by atoms with Crippen LogP contribution in [0.15, 0.2) is 12.1 Å². The van der Waals surface area contributed by atoms with E-state index >= 15 is 0 Å². The Morgan fingerprint density at radius 3 is 2.67 bits per heavy atom. The Kier molecular flexibility index (Phi) is 4.92. The van der Waals surface area contributed by atoms with Crippen LogP contribution in [0.3, 0.4) is 0 Å². The van der Waals surface area contributed by atoms with Crippen molar-refractivity contribution in [1.82, 2.24) is 5.32 Å². The molecule has 2 nitrogen and oxygen atoms in total. The highest BCUT2D eigenvalue weighted by molar-refractivity contribution is 6.30. The van der Waals surface area contributed by atoms with Crippen molar-refractivity contribution >= 4 is 11.6 Å². The van der Waals surface area contributed by atoms with Crippen molar-refractivity contribution in [2.24, 2.45) is 0 Å². The summed E-state index contributed by atoms with van der Waals surface area (Å²) in [5, 5.41) is 3.89. The molecule has 1 N–H and O–H groups in total. The number of benzene rings is 1. The van der Waals surface area contributed by atoms with Gasteiger partial charge in [-0.05, 0) is 49.7 Å². The lowest BCUT2D eigenvalue weighted by Crippen LogP contribution is -2.11. The molecule has 0 aliphatic carbocycles. The predicted octanol–water partition coefficient (Wildman–Crippen LogP) is 2.67. The first-order valence-corrected chi connectivity index (χ1v) is 5.60. The van der Waals surface area contributed by atoms with Crippen molar-refractivity contribution < 1.29 is 4.74 Å². The highest BCUT2D eigenvalue weighted by Gasteiger charge is 2.08. The normalized spacial score (nSPS) is 10.4. The summed E-state index contributed by atoms with van der Waals surface area (Å²) in [5.74, 6) is 0.899. The van der Waals surface area contributed by atoms with Gasteiger partial charge >= 0.3 is 0 Å². The summed E-state index contributed by atoms with van der Waals surface area (Å²) in [6.07, 6.45) is 1.95. The molecular weight excluding hydrogens is 210 g/mol. The maximum absolute atomic E-state index is 6.04. The summed E-state index contributed by atoms with van der Waals surface area (Å²) in [7, 11) is 3.64. The largest absolute Gasteiger partial charge is 0.496 e. The first kappa shape index (κ1) is 12.3. The lowest BCUT2D eigenvalue weighted by atomic mass is 10.0. The minimum Gasteiger partial charge on any atom is -0.496 e. The van der Waals surface area contributed by atoms with Crippen molar-refractivity contribution in [2.75, 3.05) is 20.7 Å². The lowest BCUT2D eigenvalue weighted by molar-refractivity contribution is 0.409. The minimum absolute atomic E-state index is 0.746. The zero-order valence-electron chi connectivity index (χ0n) is 9.56. The van der Waals surface area contributed by atoms with Gasteiger partial charge in [0.1, 0.15) is 5.75 Å². The van der Waals surface area contributed by atoms with Gasteiger partial charge in [0.05, 0.1) is 7.11 Å². The standard InChI is InChI=1S/C12H18ClNO/c1-4-11-9(5-6-14-2)7-10(13)8-12(11)15-3/h7-8,14H,4-6H2,1-3H3. The van der Waals surface area contributed by atoms with Gasteiger partial charge in [0.25, 0.3) is 0 Å². The lowest BCUT2D eigenvalue weighted by Gasteiger charge is -2.13. The number of halogens is 1. The van der Waals surface area contributed by atoms with Gasteiger partial charge < -0.3 is 10.1 Å². The zero-order valence-corrected chi connectivity index (χ0v) is 10.3. The molecule has 3 heteroatoms. The first-order valence-electron chi connectivity index (χ1n) is 5.22. The Morgan fingerprint density at radius 1 is 1.40 bits per heavy atom. The summed E-state index contributed by atoms with van der Waals surface area (Å²) < 4.78 is 5.33. The number of rotatable bonds is 5. The molecule has 0 aromatic heterocycles. The average Bonchev–Trinajstić information content (AvgIpc) is 2.25. The Labute approximate surface area is 96.6 Å². The Hall–Kier alpha value is -0.730. The van der Waals surface area contributed by atoms with Crippen LogP contribution in [0.2, 0.25) is 5.02 Å². The van der Waals surface area contributed by atoms with E-state index in [4.69, 9.17) is 16.3 Å². The molecule has 0 amide bonds. The fraction of sp³-hybridized carbons (Fsp3) is 0.500. The van der Waals surface area contributed by atoms with Gasteiger partial charge in [-0.15, -0.1) is 0 Å². The Morgan fingerprint density at radius 2 is 2.13 bits per heavy atom. The Balaban J connectivity index is 3.05. The summed E-state index contributed by atoms with van der Waals surface area (Å²) in [4.78, 5) is 0. The fourth-order valence-corrected chi connectivity index (χ4v) is 1.96. The van der Waals surface area contributed by atoms with Gasteiger partial charge in [0.15, 0.2) is 0 Å². The summed E-state index contributed by atoms with van der Waals surface area (Å²) in [6, 6.07) is 3.91. The molecule has 0 atom stereocenters.